The fraction of sp³-hybridized carbons (Fsp3) is 0.381. The molecule has 6 heteroatoms. The lowest BCUT2D eigenvalue weighted by molar-refractivity contribution is -0.139. The van der Waals surface area contributed by atoms with Crippen LogP contribution in [0.25, 0.3) is 0 Å². The van der Waals surface area contributed by atoms with Crippen molar-refractivity contribution in [3.63, 3.8) is 0 Å². The zero-order valence-electron chi connectivity index (χ0n) is 15.7. The topological polar surface area (TPSA) is 42.0 Å². The molecular formula is C21H25ClN2O3. The van der Waals surface area contributed by atoms with Crippen LogP contribution in [0, 0.1) is 0 Å². The fourth-order valence-electron chi connectivity index (χ4n) is 3.19. The molecule has 3 rings (SSSR count). The predicted molar refractivity (Wildman–Crippen MR) is 108 cm³/mol. The summed E-state index contributed by atoms with van der Waals surface area (Å²) < 4.78 is 11.1. The Kier molecular flexibility index (Phi) is 6.45. The number of carbonyl (C=O) groups is 1. The Labute approximate surface area is 165 Å². The zero-order chi connectivity index (χ0) is 19.2. The third-order valence-corrected chi connectivity index (χ3v) is 4.98. The number of amides is 1. The maximum atomic E-state index is 12.9. The van der Waals surface area contributed by atoms with Gasteiger partial charge in [0.05, 0.1) is 7.11 Å². The lowest BCUT2D eigenvalue weighted by Crippen LogP contribution is -2.52. The Morgan fingerprint density at radius 1 is 1.07 bits per heavy atom. The van der Waals surface area contributed by atoms with E-state index in [2.05, 4.69) is 4.90 Å². The molecular weight excluding hydrogens is 364 g/mol. The number of nitrogens with zero attached hydrogens (tertiary/aromatic N) is 2. The summed E-state index contributed by atoms with van der Waals surface area (Å²) in [5, 5.41) is 0.600. The first kappa shape index (κ1) is 19.4. The Bertz CT molecular complexity index is 758. The highest BCUT2D eigenvalue weighted by Crippen LogP contribution is 2.22. The number of hydrogen-bond donors (Lipinski definition) is 0. The summed E-state index contributed by atoms with van der Waals surface area (Å²) in [5.41, 5.74) is 1.14. The number of methoxy groups -OCH3 is 1. The molecule has 1 fully saturated rings. The Morgan fingerprint density at radius 2 is 1.78 bits per heavy atom. The van der Waals surface area contributed by atoms with Gasteiger partial charge in [0.2, 0.25) is 0 Å². The quantitative estimate of drug-likeness (QED) is 0.753. The summed E-state index contributed by atoms with van der Waals surface area (Å²) in [4.78, 5) is 17.0. The third kappa shape index (κ3) is 4.86. The average molecular weight is 389 g/mol. The SMILES string of the molecule is CC[C@H](Oc1cccc(Cl)c1)C(=O)N1CCN(c2ccc(OC)cc2)CC1. The molecule has 1 amide bonds. The molecule has 1 heterocycles. The molecule has 0 spiro atoms. The highest BCUT2D eigenvalue weighted by atomic mass is 35.5. The number of piperazine rings is 1. The van der Waals surface area contributed by atoms with Gasteiger partial charge in [-0.3, -0.25) is 4.79 Å². The average Bonchev–Trinajstić information content (AvgIpc) is 2.72. The highest BCUT2D eigenvalue weighted by molar-refractivity contribution is 6.30. The van der Waals surface area contributed by atoms with Gasteiger partial charge in [-0.05, 0) is 48.9 Å². The van der Waals surface area contributed by atoms with Crippen molar-refractivity contribution in [3.8, 4) is 11.5 Å². The zero-order valence-corrected chi connectivity index (χ0v) is 16.5. The van der Waals surface area contributed by atoms with Crippen molar-refractivity contribution in [1.29, 1.82) is 0 Å². The van der Waals surface area contributed by atoms with E-state index in [1.165, 1.54) is 0 Å². The second-order valence-electron chi connectivity index (χ2n) is 6.48. The van der Waals surface area contributed by atoms with Crippen molar-refractivity contribution >= 4 is 23.2 Å². The van der Waals surface area contributed by atoms with Crippen LogP contribution in [0.5, 0.6) is 11.5 Å². The first-order chi connectivity index (χ1) is 13.1. The minimum absolute atomic E-state index is 0.0341. The van der Waals surface area contributed by atoms with Crippen LogP contribution in [0.1, 0.15) is 13.3 Å². The predicted octanol–water partition coefficient (Wildman–Crippen LogP) is 3.85. The normalized spacial score (nSPS) is 15.4. The minimum Gasteiger partial charge on any atom is -0.497 e. The summed E-state index contributed by atoms with van der Waals surface area (Å²) in [6, 6.07) is 15.2. The molecule has 0 unspecified atom stereocenters. The molecule has 0 aliphatic carbocycles. The van der Waals surface area contributed by atoms with Gasteiger partial charge in [0.15, 0.2) is 6.10 Å². The molecule has 1 aliphatic heterocycles. The largest absolute Gasteiger partial charge is 0.497 e. The van der Waals surface area contributed by atoms with E-state index in [4.69, 9.17) is 21.1 Å². The van der Waals surface area contributed by atoms with Crippen molar-refractivity contribution in [1.82, 2.24) is 4.90 Å². The Morgan fingerprint density at radius 3 is 2.37 bits per heavy atom. The molecule has 27 heavy (non-hydrogen) atoms. The van der Waals surface area contributed by atoms with Crippen molar-refractivity contribution in [3.05, 3.63) is 53.6 Å². The van der Waals surface area contributed by atoms with Gasteiger partial charge >= 0.3 is 0 Å². The lowest BCUT2D eigenvalue weighted by atomic mass is 10.2. The van der Waals surface area contributed by atoms with Crippen LogP contribution >= 0.6 is 11.6 Å². The molecule has 0 bridgehead atoms. The van der Waals surface area contributed by atoms with Crippen LogP contribution in [-0.2, 0) is 4.79 Å². The Hall–Kier alpha value is -2.40. The molecule has 144 valence electrons. The van der Waals surface area contributed by atoms with Gasteiger partial charge < -0.3 is 19.3 Å². The van der Waals surface area contributed by atoms with Gasteiger partial charge in [-0.15, -0.1) is 0 Å². The number of hydrogen-bond acceptors (Lipinski definition) is 4. The van der Waals surface area contributed by atoms with E-state index < -0.39 is 6.10 Å². The van der Waals surface area contributed by atoms with E-state index in [0.717, 1.165) is 24.5 Å². The summed E-state index contributed by atoms with van der Waals surface area (Å²) in [7, 11) is 1.66. The van der Waals surface area contributed by atoms with Gasteiger partial charge in [0.25, 0.3) is 5.91 Å². The summed E-state index contributed by atoms with van der Waals surface area (Å²) >= 11 is 6.00. The second kappa shape index (κ2) is 9.00. The van der Waals surface area contributed by atoms with Gasteiger partial charge in [0, 0.05) is 36.9 Å². The molecule has 0 aromatic heterocycles. The summed E-state index contributed by atoms with van der Waals surface area (Å²) in [6.45, 7) is 4.92. The molecule has 1 aliphatic rings. The van der Waals surface area contributed by atoms with Crippen LogP contribution in [0.15, 0.2) is 48.5 Å². The van der Waals surface area contributed by atoms with Gasteiger partial charge in [-0.1, -0.05) is 24.6 Å². The van der Waals surface area contributed by atoms with Gasteiger partial charge in [-0.2, -0.15) is 0 Å². The third-order valence-electron chi connectivity index (χ3n) is 4.75. The van der Waals surface area contributed by atoms with Crippen LogP contribution < -0.4 is 14.4 Å². The van der Waals surface area contributed by atoms with E-state index in [1.54, 1.807) is 19.2 Å². The number of anilines is 1. The van der Waals surface area contributed by atoms with Crippen molar-refractivity contribution < 1.29 is 14.3 Å². The molecule has 0 saturated carbocycles. The standard InChI is InChI=1S/C21H25ClN2O3/c1-3-20(27-19-6-4-5-16(22)15-19)21(25)24-13-11-23(12-14-24)17-7-9-18(26-2)10-8-17/h4-10,15,20H,3,11-14H2,1-2H3/t20-/m0/s1. The summed E-state index contributed by atoms with van der Waals surface area (Å²) in [6.07, 6.45) is 0.125. The van der Waals surface area contributed by atoms with E-state index >= 15 is 0 Å². The van der Waals surface area contributed by atoms with Gasteiger partial charge in [-0.25, -0.2) is 0 Å². The molecule has 2 aromatic carbocycles. The molecule has 2 aromatic rings. The molecule has 1 atom stereocenters. The maximum absolute atomic E-state index is 12.9. The monoisotopic (exact) mass is 388 g/mol. The van der Waals surface area contributed by atoms with Crippen LogP contribution in [0.4, 0.5) is 5.69 Å². The molecule has 1 saturated heterocycles. The highest BCUT2D eigenvalue weighted by Gasteiger charge is 2.28. The number of halogens is 1. The Balaban J connectivity index is 1.57. The first-order valence-electron chi connectivity index (χ1n) is 9.20. The summed E-state index contributed by atoms with van der Waals surface area (Å²) in [5.74, 6) is 1.50. The number of carbonyl (C=O) groups excluding carboxylic acids is 1. The van der Waals surface area contributed by atoms with Gasteiger partial charge in [0.1, 0.15) is 11.5 Å². The fourth-order valence-corrected chi connectivity index (χ4v) is 3.37. The number of rotatable bonds is 6. The number of ether oxygens (including phenoxy) is 2. The van der Waals surface area contributed by atoms with E-state index in [0.29, 0.717) is 30.3 Å². The van der Waals surface area contributed by atoms with Crippen LogP contribution in [-0.4, -0.2) is 50.2 Å². The van der Waals surface area contributed by atoms with Crippen molar-refractivity contribution in [2.24, 2.45) is 0 Å². The smallest absolute Gasteiger partial charge is 0.263 e. The molecule has 5 nitrogen and oxygen atoms in total. The van der Waals surface area contributed by atoms with Crippen LogP contribution in [0.3, 0.4) is 0 Å². The number of benzene rings is 2. The van der Waals surface area contributed by atoms with E-state index in [9.17, 15) is 4.79 Å². The van der Waals surface area contributed by atoms with Crippen molar-refractivity contribution in [2.45, 2.75) is 19.4 Å². The van der Waals surface area contributed by atoms with Crippen molar-refractivity contribution in [2.75, 3.05) is 38.2 Å². The van der Waals surface area contributed by atoms with E-state index in [-0.39, 0.29) is 5.91 Å². The van der Waals surface area contributed by atoms with E-state index in [1.807, 2.05) is 48.2 Å². The maximum Gasteiger partial charge on any atom is 0.263 e. The second-order valence-corrected chi connectivity index (χ2v) is 6.92. The molecule has 0 radical (unpaired) electrons. The van der Waals surface area contributed by atoms with Crippen LogP contribution in [0.2, 0.25) is 5.02 Å². The molecule has 0 N–H and O–H groups in total. The minimum atomic E-state index is -0.490. The lowest BCUT2D eigenvalue weighted by Gasteiger charge is -2.37. The first-order valence-corrected chi connectivity index (χ1v) is 9.58.